The maximum atomic E-state index is 10.5. The van der Waals surface area contributed by atoms with Crippen molar-refractivity contribution in [3.8, 4) is 0 Å². The lowest BCUT2D eigenvalue weighted by Crippen LogP contribution is -2.34. The lowest BCUT2D eigenvalue weighted by Gasteiger charge is -2.16. The minimum atomic E-state index is -2.49. The number of aliphatic hydroxyl groups excluding tert-OH is 2. The van der Waals surface area contributed by atoms with Gasteiger partial charge in [-0.05, 0) is 0 Å². The molecular weight excluding hydrogens is 318 g/mol. The van der Waals surface area contributed by atoms with Crippen molar-refractivity contribution in [2.45, 2.75) is 24.5 Å². The van der Waals surface area contributed by atoms with Crippen LogP contribution < -0.4 is 5.73 Å². The maximum absolute atomic E-state index is 10.5. The number of nitrogens with two attached hydrogens (primary N) is 1. The van der Waals surface area contributed by atoms with Gasteiger partial charge < -0.3 is 20.7 Å². The molecule has 0 amide bonds. The number of aromatic nitrogens is 4. The minimum Gasteiger partial charge on any atom is -0.387 e. The van der Waals surface area contributed by atoms with Crippen molar-refractivity contribution < 1.29 is 27.9 Å². The van der Waals surface area contributed by atoms with E-state index in [4.69, 9.17) is 15.0 Å². The van der Waals surface area contributed by atoms with Gasteiger partial charge in [0.2, 0.25) is 0 Å². The maximum Gasteiger partial charge on any atom is 0.301 e. The van der Waals surface area contributed by atoms with Gasteiger partial charge in [0, 0.05) is 0 Å². The Morgan fingerprint density at radius 1 is 1.36 bits per heavy atom. The summed E-state index contributed by atoms with van der Waals surface area (Å²) in [4.78, 5) is 11.9. The van der Waals surface area contributed by atoms with Gasteiger partial charge in [0.25, 0.3) is 0 Å². The average Bonchev–Trinajstić information content (AvgIpc) is 3.01. The number of imidazole rings is 1. The summed E-state index contributed by atoms with van der Waals surface area (Å²) in [5, 5.41) is 20.0. The molecule has 120 valence electrons. The predicted molar refractivity (Wildman–Crippen MR) is 72.4 cm³/mol. The zero-order valence-electron chi connectivity index (χ0n) is 11.0. The van der Waals surface area contributed by atoms with E-state index in [9.17, 15) is 14.4 Å². The topological polar surface area (TPSA) is 166 Å². The second kappa shape index (κ2) is 5.83. The van der Waals surface area contributed by atoms with E-state index in [-0.39, 0.29) is 12.4 Å². The van der Waals surface area contributed by atoms with E-state index in [1.807, 2.05) is 0 Å². The molecule has 5 atom stereocenters. The number of hydrogen-bond acceptors (Lipinski definition) is 9. The molecule has 12 heteroatoms. The van der Waals surface area contributed by atoms with Gasteiger partial charge in [0.1, 0.15) is 30.2 Å². The Balaban J connectivity index is 1.87. The van der Waals surface area contributed by atoms with Gasteiger partial charge >= 0.3 is 11.4 Å². The first-order valence-corrected chi connectivity index (χ1v) is 7.21. The molecule has 1 aliphatic heterocycles. The van der Waals surface area contributed by atoms with E-state index >= 15 is 0 Å². The van der Waals surface area contributed by atoms with Crippen LogP contribution >= 0.6 is 0 Å². The van der Waals surface area contributed by atoms with Crippen molar-refractivity contribution in [2.24, 2.45) is 0 Å². The summed E-state index contributed by atoms with van der Waals surface area (Å²) in [6, 6.07) is 0. The fourth-order valence-electron chi connectivity index (χ4n) is 2.28. The molecular formula is C10H13N5O6S. The molecule has 0 radical (unpaired) electrons. The van der Waals surface area contributed by atoms with Crippen LogP contribution in [-0.2, 0) is 20.3 Å². The third-order valence-electron chi connectivity index (χ3n) is 3.33. The largest absolute Gasteiger partial charge is 0.387 e. The molecule has 0 aliphatic carbocycles. The zero-order valence-corrected chi connectivity index (χ0v) is 11.8. The highest BCUT2D eigenvalue weighted by atomic mass is 32.2. The van der Waals surface area contributed by atoms with Crippen LogP contribution in [0.15, 0.2) is 12.7 Å². The van der Waals surface area contributed by atoms with Gasteiger partial charge in [-0.1, -0.05) is 0 Å². The highest BCUT2D eigenvalue weighted by molar-refractivity contribution is 7.74. The van der Waals surface area contributed by atoms with Crippen LogP contribution in [0, 0.1) is 0 Å². The first kappa shape index (κ1) is 15.2. The van der Waals surface area contributed by atoms with Crippen molar-refractivity contribution in [3.63, 3.8) is 0 Å². The zero-order chi connectivity index (χ0) is 15.9. The highest BCUT2D eigenvalue weighted by Crippen LogP contribution is 2.32. The number of nitrogen functional groups attached to an aromatic ring is 1. The van der Waals surface area contributed by atoms with E-state index in [0.717, 1.165) is 0 Å². The lowest BCUT2D eigenvalue weighted by molar-refractivity contribution is -0.0468. The number of rotatable bonds is 4. The Labute approximate surface area is 126 Å². The van der Waals surface area contributed by atoms with Gasteiger partial charge in [0.15, 0.2) is 17.7 Å². The molecule has 3 rings (SSSR count). The van der Waals surface area contributed by atoms with Crippen molar-refractivity contribution in [1.82, 2.24) is 19.5 Å². The van der Waals surface area contributed by atoms with Crippen molar-refractivity contribution >= 4 is 28.3 Å². The van der Waals surface area contributed by atoms with Gasteiger partial charge in [-0.3, -0.25) is 13.3 Å². The summed E-state index contributed by atoms with van der Waals surface area (Å²) in [5.41, 5.74) is 6.34. The van der Waals surface area contributed by atoms with Crippen LogP contribution in [0.5, 0.6) is 0 Å². The first-order chi connectivity index (χ1) is 10.5. The molecule has 3 unspecified atom stereocenters. The second-order valence-electron chi connectivity index (χ2n) is 4.63. The SMILES string of the molecule is Nc1ncnc2c1ncn2[C@@H]1O[C@H](COS(=O)O)C(O)C1O. The summed E-state index contributed by atoms with van der Waals surface area (Å²) in [6.07, 6.45) is -1.98. The summed E-state index contributed by atoms with van der Waals surface area (Å²) < 4.78 is 30.5. The number of anilines is 1. The molecule has 2 aromatic rings. The molecule has 5 N–H and O–H groups in total. The Morgan fingerprint density at radius 3 is 2.86 bits per heavy atom. The van der Waals surface area contributed by atoms with Crippen LogP contribution in [0.3, 0.4) is 0 Å². The Morgan fingerprint density at radius 2 is 2.14 bits per heavy atom. The normalized spacial score (nSPS) is 30.0. The molecule has 0 aromatic carbocycles. The predicted octanol–water partition coefficient (Wildman–Crippen LogP) is -1.82. The smallest absolute Gasteiger partial charge is 0.301 e. The van der Waals surface area contributed by atoms with E-state index in [1.165, 1.54) is 17.2 Å². The third kappa shape index (κ3) is 2.55. The van der Waals surface area contributed by atoms with Crippen LogP contribution in [0.1, 0.15) is 6.23 Å². The summed E-state index contributed by atoms with van der Waals surface area (Å²) in [7, 11) is 0. The Hall–Kier alpha value is -1.70. The molecule has 0 spiro atoms. The number of nitrogens with zero attached hydrogens (tertiary/aromatic N) is 4. The van der Waals surface area contributed by atoms with Crippen molar-refractivity contribution in [1.29, 1.82) is 0 Å². The van der Waals surface area contributed by atoms with E-state index in [2.05, 4.69) is 19.1 Å². The van der Waals surface area contributed by atoms with Crippen LogP contribution in [-0.4, -0.2) is 63.4 Å². The summed E-state index contributed by atoms with van der Waals surface area (Å²) in [5.74, 6) is 0.173. The highest BCUT2D eigenvalue weighted by Gasteiger charge is 2.44. The average molecular weight is 331 g/mol. The van der Waals surface area contributed by atoms with Crippen molar-refractivity contribution in [3.05, 3.63) is 12.7 Å². The molecule has 2 aromatic heterocycles. The fourth-order valence-corrected chi connectivity index (χ4v) is 2.53. The Kier molecular flexibility index (Phi) is 4.03. The molecule has 22 heavy (non-hydrogen) atoms. The lowest BCUT2D eigenvalue weighted by atomic mass is 10.1. The standard InChI is InChI=1S/C10H13N5O6S/c11-8-5-9(13-2-12-8)15(3-14-5)10-7(17)6(16)4(21-10)1-20-22(18)19/h2-4,6-7,10,16-17H,1H2,(H,18,19)(H2,11,12,13)/t4-,6?,7?,10-/m1/s1. The monoisotopic (exact) mass is 331 g/mol. The summed E-state index contributed by atoms with van der Waals surface area (Å²) >= 11 is -2.49. The molecule has 0 saturated carbocycles. The first-order valence-electron chi connectivity index (χ1n) is 6.17. The molecule has 0 bridgehead atoms. The number of ether oxygens (including phenoxy) is 1. The molecule has 1 fully saturated rings. The van der Waals surface area contributed by atoms with Gasteiger partial charge in [0.05, 0.1) is 12.9 Å². The van der Waals surface area contributed by atoms with E-state index in [1.54, 1.807) is 0 Å². The van der Waals surface area contributed by atoms with Gasteiger partial charge in [-0.25, -0.2) is 15.0 Å². The van der Waals surface area contributed by atoms with Crippen LogP contribution in [0.4, 0.5) is 5.82 Å². The van der Waals surface area contributed by atoms with E-state index < -0.39 is 35.9 Å². The third-order valence-corrected chi connectivity index (χ3v) is 3.67. The van der Waals surface area contributed by atoms with Gasteiger partial charge in [-0.15, -0.1) is 0 Å². The van der Waals surface area contributed by atoms with Crippen LogP contribution in [0.2, 0.25) is 0 Å². The van der Waals surface area contributed by atoms with Crippen molar-refractivity contribution in [2.75, 3.05) is 12.3 Å². The minimum absolute atomic E-state index is 0.173. The molecule has 3 heterocycles. The molecule has 1 saturated heterocycles. The number of aliphatic hydroxyl groups is 2. The molecule has 11 nitrogen and oxygen atoms in total. The number of fused-ring (bicyclic) bond motifs is 1. The second-order valence-corrected chi connectivity index (χ2v) is 5.30. The fraction of sp³-hybridized carbons (Fsp3) is 0.500. The van der Waals surface area contributed by atoms with Crippen LogP contribution in [0.25, 0.3) is 11.2 Å². The van der Waals surface area contributed by atoms with Gasteiger partial charge in [-0.2, -0.15) is 4.21 Å². The number of hydrogen-bond donors (Lipinski definition) is 4. The Bertz CT molecular complexity index is 710. The summed E-state index contributed by atoms with van der Waals surface area (Å²) in [6.45, 7) is -0.360. The van der Waals surface area contributed by atoms with E-state index in [0.29, 0.717) is 11.2 Å². The molecule has 1 aliphatic rings. The quantitative estimate of drug-likeness (QED) is 0.468.